The van der Waals surface area contributed by atoms with Gasteiger partial charge in [0.05, 0.1) is 11.7 Å². The molecule has 0 bridgehead atoms. The average molecular weight is 475 g/mol. The molecule has 4 atom stereocenters. The van der Waals surface area contributed by atoms with Crippen molar-refractivity contribution in [2.24, 2.45) is 11.3 Å². The maximum Gasteiger partial charge on any atom is 0.145 e. The molecule has 34 heavy (non-hydrogen) atoms. The molecule has 0 aliphatic heterocycles. The Bertz CT molecular complexity index is 780. The topological polar surface area (TPSA) is 77.8 Å². The van der Waals surface area contributed by atoms with Gasteiger partial charge >= 0.3 is 0 Å². The third-order valence-electron chi connectivity index (χ3n) is 7.89. The Hall–Kier alpha value is -1.49. The van der Waals surface area contributed by atoms with Gasteiger partial charge in [-0.15, -0.1) is 0 Å². The van der Waals surface area contributed by atoms with Crippen LogP contribution in [0, 0.1) is 11.3 Å². The van der Waals surface area contributed by atoms with E-state index in [2.05, 4.69) is 46.8 Å². The fourth-order valence-corrected chi connectivity index (χ4v) is 5.47. The zero-order valence-corrected chi connectivity index (χ0v) is 22.8. The van der Waals surface area contributed by atoms with E-state index in [4.69, 9.17) is 0 Å². The first-order chi connectivity index (χ1) is 15.9. The lowest BCUT2D eigenvalue weighted by atomic mass is 9.54. The van der Waals surface area contributed by atoms with Crippen LogP contribution in [-0.4, -0.2) is 39.9 Å². The fraction of sp³-hybridized carbons (Fsp3) is 0.700. The molecule has 1 rings (SSSR count). The van der Waals surface area contributed by atoms with E-state index < -0.39 is 17.1 Å². The zero-order valence-electron chi connectivity index (χ0n) is 22.8. The summed E-state index contributed by atoms with van der Waals surface area (Å²) in [5, 5.41) is 31.4. The molecule has 3 N–H and O–H groups in total. The molecular formula is C30H50O4. The summed E-state index contributed by atoms with van der Waals surface area (Å²) >= 11 is 0. The Kier molecular flexibility index (Phi) is 12.7. The molecule has 1 aliphatic rings. The van der Waals surface area contributed by atoms with Gasteiger partial charge in [0.25, 0.3) is 0 Å². The summed E-state index contributed by atoms with van der Waals surface area (Å²) in [5.41, 5.74) is 4.35. The van der Waals surface area contributed by atoms with Crippen LogP contribution in [0.25, 0.3) is 0 Å². The molecule has 0 aromatic heterocycles. The number of carbonyl (C=O) groups is 1. The van der Waals surface area contributed by atoms with Crippen LogP contribution < -0.4 is 0 Å². The molecule has 0 saturated heterocycles. The number of hydrogen-bond acceptors (Lipinski definition) is 4. The van der Waals surface area contributed by atoms with Crippen LogP contribution in [0.15, 0.2) is 46.1 Å². The highest BCUT2D eigenvalue weighted by Gasteiger charge is 2.52. The number of aldehydes is 1. The second kappa shape index (κ2) is 14.2. The van der Waals surface area contributed by atoms with Gasteiger partial charge in [-0.05, 0) is 111 Å². The van der Waals surface area contributed by atoms with E-state index in [0.29, 0.717) is 19.3 Å². The second-order valence-corrected chi connectivity index (χ2v) is 11.1. The summed E-state index contributed by atoms with van der Waals surface area (Å²) in [6, 6.07) is 0. The van der Waals surface area contributed by atoms with Gasteiger partial charge in [-0.25, -0.2) is 0 Å². The van der Waals surface area contributed by atoms with Gasteiger partial charge in [0, 0.05) is 12.0 Å². The maximum atomic E-state index is 11.6. The van der Waals surface area contributed by atoms with E-state index in [1.807, 2.05) is 19.9 Å². The first-order valence-electron chi connectivity index (χ1n) is 13.0. The van der Waals surface area contributed by atoms with E-state index in [0.717, 1.165) is 61.5 Å². The molecule has 0 unspecified atom stereocenters. The van der Waals surface area contributed by atoms with Crippen molar-refractivity contribution in [3.8, 4) is 0 Å². The predicted octanol–water partition coefficient (Wildman–Crippen LogP) is 6.61. The minimum Gasteiger partial charge on any atom is -0.396 e. The Morgan fingerprint density at radius 3 is 2.35 bits per heavy atom. The molecule has 1 fully saturated rings. The Morgan fingerprint density at radius 1 is 1.09 bits per heavy atom. The van der Waals surface area contributed by atoms with Crippen LogP contribution in [-0.2, 0) is 4.79 Å². The Labute approximate surface area is 208 Å². The first kappa shape index (κ1) is 30.5. The third kappa shape index (κ3) is 8.94. The average Bonchev–Trinajstić information content (AvgIpc) is 2.73. The summed E-state index contributed by atoms with van der Waals surface area (Å²) in [5.74, 6) is 0.0688. The number of carbonyl (C=O) groups excluding carboxylic acids is 1. The van der Waals surface area contributed by atoms with Gasteiger partial charge in [0.15, 0.2) is 0 Å². The van der Waals surface area contributed by atoms with E-state index in [9.17, 15) is 20.1 Å². The molecule has 4 heteroatoms. The molecular weight excluding hydrogens is 424 g/mol. The molecule has 0 heterocycles. The monoisotopic (exact) mass is 474 g/mol. The highest BCUT2D eigenvalue weighted by molar-refractivity contribution is 5.74. The van der Waals surface area contributed by atoms with Crippen molar-refractivity contribution >= 4 is 6.29 Å². The summed E-state index contributed by atoms with van der Waals surface area (Å²) in [6.07, 6.45) is 13.8. The molecule has 0 aromatic carbocycles. The van der Waals surface area contributed by atoms with Crippen LogP contribution in [0.1, 0.15) is 106 Å². The highest BCUT2D eigenvalue weighted by atomic mass is 16.3. The minimum atomic E-state index is -0.841. The van der Waals surface area contributed by atoms with Crippen LogP contribution in [0.3, 0.4) is 0 Å². The van der Waals surface area contributed by atoms with Gasteiger partial charge in [-0.1, -0.05) is 47.4 Å². The molecule has 1 saturated carbocycles. The van der Waals surface area contributed by atoms with Crippen molar-refractivity contribution in [1.82, 2.24) is 0 Å². The van der Waals surface area contributed by atoms with Gasteiger partial charge < -0.3 is 15.3 Å². The Balaban J connectivity index is 2.91. The van der Waals surface area contributed by atoms with Crippen molar-refractivity contribution in [2.75, 3.05) is 6.61 Å². The van der Waals surface area contributed by atoms with E-state index >= 15 is 0 Å². The zero-order chi connectivity index (χ0) is 25.9. The lowest BCUT2D eigenvalue weighted by molar-refractivity contribution is -0.115. The molecule has 0 amide bonds. The highest BCUT2D eigenvalue weighted by Crippen LogP contribution is 2.55. The smallest absolute Gasteiger partial charge is 0.145 e. The number of aliphatic hydroxyl groups is 3. The molecule has 0 aromatic rings. The van der Waals surface area contributed by atoms with Crippen LogP contribution in [0.5, 0.6) is 0 Å². The van der Waals surface area contributed by atoms with Gasteiger partial charge in [0.2, 0.25) is 0 Å². The quantitative estimate of drug-likeness (QED) is 0.159. The number of hydrogen-bond donors (Lipinski definition) is 3. The molecule has 0 radical (unpaired) electrons. The van der Waals surface area contributed by atoms with Crippen LogP contribution in [0.2, 0.25) is 0 Å². The van der Waals surface area contributed by atoms with Crippen LogP contribution >= 0.6 is 0 Å². The van der Waals surface area contributed by atoms with Crippen molar-refractivity contribution in [2.45, 2.75) is 118 Å². The van der Waals surface area contributed by atoms with Gasteiger partial charge in [0.1, 0.15) is 6.29 Å². The van der Waals surface area contributed by atoms with Gasteiger partial charge in [-0.3, -0.25) is 4.79 Å². The molecule has 0 spiro atoms. The molecule has 1 aliphatic carbocycles. The SMILES string of the molecule is CC(C)=CCC/C(C)=C/[C@H](O)C/C(C)=C/CC[C@@]1(C)[C@H](CCCO)/C(=C(/C)C=O)CC[C@]1(C)O. The number of rotatable bonds is 13. The Morgan fingerprint density at radius 2 is 1.76 bits per heavy atom. The maximum absolute atomic E-state index is 11.6. The van der Waals surface area contributed by atoms with E-state index in [-0.39, 0.29) is 12.5 Å². The largest absolute Gasteiger partial charge is 0.396 e. The van der Waals surface area contributed by atoms with Crippen molar-refractivity contribution in [1.29, 1.82) is 0 Å². The summed E-state index contributed by atoms with van der Waals surface area (Å²) in [6.45, 7) is 14.4. The minimum absolute atomic E-state index is 0.0688. The van der Waals surface area contributed by atoms with Crippen LogP contribution in [0.4, 0.5) is 0 Å². The normalized spacial score (nSPS) is 28.5. The van der Waals surface area contributed by atoms with Gasteiger partial charge in [-0.2, -0.15) is 0 Å². The fourth-order valence-electron chi connectivity index (χ4n) is 5.47. The van der Waals surface area contributed by atoms with E-state index in [1.165, 1.54) is 11.1 Å². The number of aliphatic hydroxyl groups excluding tert-OH is 2. The lowest BCUT2D eigenvalue weighted by Gasteiger charge is -2.53. The second-order valence-electron chi connectivity index (χ2n) is 11.1. The lowest BCUT2D eigenvalue weighted by Crippen LogP contribution is -2.52. The number of allylic oxidation sites excluding steroid dienone is 6. The van der Waals surface area contributed by atoms with Crippen molar-refractivity contribution in [3.63, 3.8) is 0 Å². The summed E-state index contributed by atoms with van der Waals surface area (Å²) < 4.78 is 0. The third-order valence-corrected chi connectivity index (χ3v) is 7.89. The summed E-state index contributed by atoms with van der Waals surface area (Å²) in [4.78, 5) is 11.6. The molecule has 4 nitrogen and oxygen atoms in total. The van der Waals surface area contributed by atoms with Crippen molar-refractivity contribution < 1.29 is 20.1 Å². The van der Waals surface area contributed by atoms with E-state index in [1.54, 1.807) is 0 Å². The predicted molar refractivity (Wildman–Crippen MR) is 143 cm³/mol. The summed E-state index contributed by atoms with van der Waals surface area (Å²) in [7, 11) is 0. The standard InChI is InChI=1S/C30H50O4/c1-22(2)11-8-12-23(3)19-26(33)20-24(4)13-9-16-29(6)28(14-10-18-31)27(25(5)21-32)15-17-30(29,7)34/h11,13,19,21,26,28,31,33-34H,8-10,12,14-18,20H2,1-7H3/b23-19+,24-13+,27-25-/t26-,28+,29-,30-/m0/s1. The molecule has 194 valence electrons. The van der Waals surface area contributed by atoms with Crippen molar-refractivity contribution in [3.05, 3.63) is 46.1 Å². The first-order valence-corrected chi connectivity index (χ1v) is 13.0.